The fraction of sp³-hybridized carbons (Fsp3) is 0.667. The molecule has 1 aliphatic heterocycles. The van der Waals surface area contributed by atoms with E-state index < -0.39 is 0 Å². The number of nitrogens with one attached hydrogen (secondary N) is 1. The van der Waals surface area contributed by atoms with Gasteiger partial charge in [-0.1, -0.05) is 64.2 Å². The Morgan fingerprint density at radius 1 is 1.05 bits per heavy atom. The molecule has 0 aliphatic carbocycles. The molecule has 1 aromatic rings. The van der Waals surface area contributed by atoms with Gasteiger partial charge >= 0.3 is 0 Å². The molecule has 0 saturated carbocycles. The van der Waals surface area contributed by atoms with Crippen molar-refractivity contribution >= 4 is 0 Å². The lowest BCUT2D eigenvalue weighted by molar-refractivity contribution is 0.134. The molecule has 0 fully saturated rings. The smallest absolute Gasteiger partial charge is 0.0725 e. The highest BCUT2D eigenvalue weighted by Crippen LogP contribution is 2.26. The average molecular weight is 275 g/mol. The molecule has 1 aromatic carbocycles. The molecule has 1 N–H and O–H groups in total. The Labute approximate surface area is 123 Å². The van der Waals surface area contributed by atoms with E-state index in [1.165, 1.54) is 55.2 Å². The third kappa shape index (κ3) is 4.32. The van der Waals surface area contributed by atoms with Crippen molar-refractivity contribution in [1.82, 2.24) is 5.32 Å². The fourth-order valence-corrected chi connectivity index (χ4v) is 2.99. The summed E-state index contributed by atoms with van der Waals surface area (Å²) in [6.45, 7) is 7.08. The zero-order valence-electron chi connectivity index (χ0n) is 13.1. The van der Waals surface area contributed by atoms with Gasteiger partial charge in [0.1, 0.15) is 0 Å². The summed E-state index contributed by atoms with van der Waals surface area (Å²) in [6, 6.07) is 7.39. The minimum absolute atomic E-state index is 0.507. The molecule has 112 valence electrons. The molecule has 20 heavy (non-hydrogen) atoms. The number of ether oxygens (including phenoxy) is 1. The molecule has 0 saturated heterocycles. The number of hydrogen-bond donors (Lipinski definition) is 1. The first-order chi connectivity index (χ1) is 9.85. The molecular formula is C18H29NO. The van der Waals surface area contributed by atoms with E-state index in [1.54, 1.807) is 0 Å². The zero-order chi connectivity index (χ0) is 14.2. The van der Waals surface area contributed by atoms with Crippen LogP contribution in [0.15, 0.2) is 18.2 Å². The van der Waals surface area contributed by atoms with E-state index in [0.29, 0.717) is 6.04 Å². The Bertz CT molecular complexity index is 402. The summed E-state index contributed by atoms with van der Waals surface area (Å²) in [5.74, 6) is 0. The highest BCUT2D eigenvalue weighted by molar-refractivity contribution is 5.34. The summed E-state index contributed by atoms with van der Waals surface area (Å²) in [5, 5.41) is 3.64. The molecule has 2 nitrogen and oxygen atoms in total. The molecule has 0 bridgehead atoms. The molecule has 2 rings (SSSR count). The molecule has 0 aromatic heterocycles. The molecule has 1 unspecified atom stereocenters. The SMILES string of the molecule is CCCCCCCC(NCC)c1ccc2c(c1)COC2. The fourth-order valence-electron chi connectivity index (χ4n) is 2.99. The van der Waals surface area contributed by atoms with Crippen LogP contribution in [0.3, 0.4) is 0 Å². The summed E-state index contributed by atoms with van der Waals surface area (Å²) in [5.41, 5.74) is 4.19. The van der Waals surface area contributed by atoms with Crippen LogP contribution in [0.4, 0.5) is 0 Å². The summed E-state index contributed by atoms with van der Waals surface area (Å²) in [4.78, 5) is 0. The third-order valence-electron chi connectivity index (χ3n) is 4.19. The van der Waals surface area contributed by atoms with E-state index in [4.69, 9.17) is 4.74 Å². The van der Waals surface area contributed by atoms with Crippen molar-refractivity contribution in [2.75, 3.05) is 6.54 Å². The predicted molar refractivity (Wildman–Crippen MR) is 84.7 cm³/mol. The first kappa shape index (κ1) is 15.5. The van der Waals surface area contributed by atoms with E-state index in [2.05, 4.69) is 37.4 Å². The van der Waals surface area contributed by atoms with Crippen LogP contribution in [-0.2, 0) is 18.0 Å². The van der Waals surface area contributed by atoms with E-state index in [0.717, 1.165) is 19.8 Å². The van der Waals surface area contributed by atoms with E-state index >= 15 is 0 Å². The van der Waals surface area contributed by atoms with Crippen LogP contribution in [0.1, 0.15) is 75.1 Å². The standard InChI is InChI=1S/C18H29NO/c1-3-5-6-7-8-9-18(19-4-2)15-10-11-16-13-20-14-17(16)12-15/h10-12,18-19H,3-9,13-14H2,1-2H3. The zero-order valence-corrected chi connectivity index (χ0v) is 13.1. The maximum Gasteiger partial charge on any atom is 0.0725 e. The Hall–Kier alpha value is -0.860. The van der Waals surface area contributed by atoms with Crippen LogP contribution < -0.4 is 5.32 Å². The molecule has 0 amide bonds. The Morgan fingerprint density at radius 2 is 1.85 bits per heavy atom. The Morgan fingerprint density at radius 3 is 2.65 bits per heavy atom. The summed E-state index contributed by atoms with van der Waals surface area (Å²) in [6.07, 6.45) is 8.02. The lowest BCUT2D eigenvalue weighted by atomic mass is 9.96. The maximum absolute atomic E-state index is 5.51. The van der Waals surface area contributed by atoms with Crippen molar-refractivity contribution in [3.05, 3.63) is 34.9 Å². The van der Waals surface area contributed by atoms with E-state index in [1.807, 2.05) is 0 Å². The van der Waals surface area contributed by atoms with Crippen molar-refractivity contribution in [3.8, 4) is 0 Å². The Balaban J connectivity index is 1.90. The Kier molecular flexibility index (Phi) is 6.55. The normalized spacial score (nSPS) is 15.3. The van der Waals surface area contributed by atoms with Crippen LogP contribution in [-0.4, -0.2) is 6.54 Å². The molecule has 2 heteroatoms. The quantitative estimate of drug-likeness (QED) is 0.658. The average Bonchev–Trinajstić information content (AvgIpc) is 2.93. The van der Waals surface area contributed by atoms with Gasteiger partial charge in [0.15, 0.2) is 0 Å². The lowest BCUT2D eigenvalue weighted by Crippen LogP contribution is -2.21. The molecule has 1 atom stereocenters. The highest BCUT2D eigenvalue weighted by atomic mass is 16.5. The number of benzene rings is 1. The van der Waals surface area contributed by atoms with Crippen LogP contribution in [0.2, 0.25) is 0 Å². The van der Waals surface area contributed by atoms with Crippen LogP contribution in [0.25, 0.3) is 0 Å². The summed E-state index contributed by atoms with van der Waals surface area (Å²) >= 11 is 0. The third-order valence-corrected chi connectivity index (χ3v) is 4.19. The monoisotopic (exact) mass is 275 g/mol. The number of unbranched alkanes of at least 4 members (excludes halogenated alkanes) is 4. The second-order valence-corrected chi connectivity index (χ2v) is 5.83. The summed E-state index contributed by atoms with van der Waals surface area (Å²) < 4.78 is 5.51. The lowest BCUT2D eigenvalue weighted by Gasteiger charge is -2.19. The van der Waals surface area contributed by atoms with Crippen molar-refractivity contribution < 1.29 is 4.74 Å². The minimum Gasteiger partial charge on any atom is -0.372 e. The first-order valence-corrected chi connectivity index (χ1v) is 8.28. The highest BCUT2D eigenvalue weighted by Gasteiger charge is 2.15. The number of fused-ring (bicyclic) bond motifs is 1. The topological polar surface area (TPSA) is 21.3 Å². The number of hydrogen-bond acceptors (Lipinski definition) is 2. The van der Waals surface area contributed by atoms with E-state index in [9.17, 15) is 0 Å². The van der Waals surface area contributed by atoms with Gasteiger partial charge < -0.3 is 10.1 Å². The van der Waals surface area contributed by atoms with Gasteiger partial charge in [0.25, 0.3) is 0 Å². The van der Waals surface area contributed by atoms with Crippen molar-refractivity contribution in [2.24, 2.45) is 0 Å². The minimum atomic E-state index is 0.507. The molecule has 1 heterocycles. The molecular weight excluding hydrogens is 246 g/mol. The van der Waals surface area contributed by atoms with Gasteiger partial charge in [0, 0.05) is 6.04 Å². The van der Waals surface area contributed by atoms with Crippen molar-refractivity contribution in [2.45, 2.75) is 71.6 Å². The van der Waals surface area contributed by atoms with Gasteiger partial charge in [-0.15, -0.1) is 0 Å². The van der Waals surface area contributed by atoms with Crippen molar-refractivity contribution in [3.63, 3.8) is 0 Å². The summed E-state index contributed by atoms with van der Waals surface area (Å²) in [7, 11) is 0. The van der Waals surface area contributed by atoms with Crippen molar-refractivity contribution in [1.29, 1.82) is 0 Å². The second-order valence-electron chi connectivity index (χ2n) is 5.83. The predicted octanol–water partition coefficient (Wildman–Crippen LogP) is 4.73. The van der Waals surface area contributed by atoms with Gasteiger partial charge in [0.2, 0.25) is 0 Å². The number of rotatable bonds is 9. The van der Waals surface area contributed by atoms with Crippen LogP contribution in [0.5, 0.6) is 0 Å². The maximum atomic E-state index is 5.51. The molecule has 0 spiro atoms. The second kappa shape index (κ2) is 8.43. The van der Waals surface area contributed by atoms with Gasteiger partial charge in [-0.3, -0.25) is 0 Å². The van der Waals surface area contributed by atoms with Gasteiger partial charge in [0.05, 0.1) is 13.2 Å². The van der Waals surface area contributed by atoms with Gasteiger partial charge in [-0.05, 0) is 29.7 Å². The van der Waals surface area contributed by atoms with Gasteiger partial charge in [-0.2, -0.15) is 0 Å². The first-order valence-electron chi connectivity index (χ1n) is 8.28. The molecule has 1 aliphatic rings. The van der Waals surface area contributed by atoms with Gasteiger partial charge in [-0.25, -0.2) is 0 Å². The van der Waals surface area contributed by atoms with Crippen LogP contribution in [0, 0.1) is 0 Å². The largest absolute Gasteiger partial charge is 0.372 e. The molecule has 0 radical (unpaired) electrons. The van der Waals surface area contributed by atoms with E-state index in [-0.39, 0.29) is 0 Å². The van der Waals surface area contributed by atoms with Crippen LogP contribution >= 0.6 is 0 Å².